The summed E-state index contributed by atoms with van der Waals surface area (Å²) in [5.41, 5.74) is 2.31. The molecule has 0 aliphatic heterocycles. The van der Waals surface area contributed by atoms with E-state index in [1.807, 2.05) is 0 Å². The lowest BCUT2D eigenvalue weighted by Crippen LogP contribution is -2.39. The van der Waals surface area contributed by atoms with Crippen molar-refractivity contribution in [2.45, 2.75) is 58.5 Å². The highest BCUT2D eigenvalue weighted by Gasteiger charge is 2.24. The van der Waals surface area contributed by atoms with Crippen LogP contribution in [0.15, 0.2) is 24.3 Å². The molecular formula is C19H29N3. The van der Waals surface area contributed by atoms with Crippen molar-refractivity contribution in [3.8, 4) is 6.07 Å². The van der Waals surface area contributed by atoms with Gasteiger partial charge in [-0.2, -0.15) is 5.26 Å². The third kappa shape index (κ3) is 4.01. The summed E-state index contributed by atoms with van der Waals surface area (Å²) < 4.78 is 0. The van der Waals surface area contributed by atoms with Gasteiger partial charge < -0.3 is 4.90 Å². The Bertz CT molecular complexity index is 484. The molecule has 1 aliphatic carbocycles. The molecule has 1 aromatic carbocycles. The molecule has 3 nitrogen and oxygen atoms in total. The van der Waals surface area contributed by atoms with Crippen molar-refractivity contribution in [2.75, 3.05) is 18.0 Å². The second-order valence-corrected chi connectivity index (χ2v) is 6.36. The molecule has 2 rings (SSSR count). The van der Waals surface area contributed by atoms with Crippen LogP contribution in [0.1, 0.15) is 58.1 Å². The first-order valence-electron chi connectivity index (χ1n) is 8.70. The first kappa shape index (κ1) is 16.8. The molecule has 3 heteroatoms. The summed E-state index contributed by atoms with van der Waals surface area (Å²) in [5.74, 6) is 0.666. The molecule has 1 aromatic rings. The third-order valence-corrected chi connectivity index (χ3v) is 4.98. The van der Waals surface area contributed by atoms with Crippen LogP contribution in [0.3, 0.4) is 0 Å². The highest BCUT2D eigenvalue weighted by molar-refractivity contribution is 5.48. The van der Waals surface area contributed by atoms with Crippen LogP contribution in [0.2, 0.25) is 0 Å². The smallest absolute Gasteiger partial charge is 0.121 e. The van der Waals surface area contributed by atoms with E-state index < -0.39 is 0 Å². The zero-order chi connectivity index (χ0) is 15.9. The molecule has 3 atom stereocenters. The Hall–Kier alpha value is -1.53. The van der Waals surface area contributed by atoms with E-state index in [-0.39, 0.29) is 6.04 Å². The summed E-state index contributed by atoms with van der Waals surface area (Å²) >= 11 is 0. The van der Waals surface area contributed by atoms with Gasteiger partial charge in [-0.15, -0.1) is 0 Å². The molecule has 1 aliphatic rings. The molecule has 0 radical (unpaired) electrons. The number of nitrogens with one attached hydrogen (secondary N) is 1. The van der Waals surface area contributed by atoms with Crippen LogP contribution in [0.5, 0.6) is 0 Å². The summed E-state index contributed by atoms with van der Waals surface area (Å²) in [6, 6.07) is 11.2. The summed E-state index contributed by atoms with van der Waals surface area (Å²) in [6.07, 6.45) is 5.07. The van der Waals surface area contributed by atoms with E-state index in [1.165, 1.54) is 31.4 Å². The van der Waals surface area contributed by atoms with Gasteiger partial charge in [0.25, 0.3) is 0 Å². The van der Waals surface area contributed by atoms with Crippen molar-refractivity contribution in [3.63, 3.8) is 0 Å². The van der Waals surface area contributed by atoms with Crippen LogP contribution in [-0.2, 0) is 0 Å². The number of benzene rings is 1. The largest absolute Gasteiger partial charge is 0.372 e. The maximum Gasteiger partial charge on any atom is 0.121 e. The summed E-state index contributed by atoms with van der Waals surface area (Å²) in [4.78, 5) is 2.32. The molecule has 0 heterocycles. The zero-order valence-electron chi connectivity index (χ0n) is 14.2. The van der Waals surface area contributed by atoms with Crippen molar-refractivity contribution in [2.24, 2.45) is 5.92 Å². The maximum atomic E-state index is 9.54. The first-order valence-corrected chi connectivity index (χ1v) is 8.70. The minimum absolute atomic E-state index is 0.198. The number of nitrogens with zero attached hydrogens (tertiary/aromatic N) is 2. The van der Waals surface area contributed by atoms with Crippen LogP contribution in [0, 0.1) is 17.2 Å². The average Bonchev–Trinajstić information content (AvgIpc) is 2.56. The molecule has 1 saturated carbocycles. The number of anilines is 1. The molecular weight excluding hydrogens is 270 g/mol. The van der Waals surface area contributed by atoms with Gasteiger partial charge in [-0.3, -0.25) is 5.32 Å². The SMILES string of the molecule is CCN(CC)c1ccc(C(C#N)NC2CCCCC2C)cc1. The fourth-order valence-electron chi connectivity index (χ4n) is 3.45. The van der Waals surface area contributed by atoms with Crippen LogP contribution >= 0.6 is 0 Å². The number of hydrogen-bond donors (Lipinski definition) is 1. The summed E-state index contributed by atoms with van der Waals surface area (Å²) in [5, 5.41) is 13.1. The molecule has 22 heavy (non-hydrogen) atoms. The second kappa shape index (κ2) is 8.19. The molecule has 0 spiro atoms. The van der Waals surface area contributed by atoms with Gasteiger partial charge in [0.2, 0.25) is 0 Å². The standard InChI is InChI=1S/C19H29N3/c1-4-22(5-2)17-12-10-16(11-13-17)19(14-20)21-18-9-7-6-8-15(18)3/h10-13,15,18-19,21H,4-9H2,1-3H3. The van der Waals surface area contributed by atoms with Crippen LogP contribution in [-0.4, -0.2) is 19.1 Å². The van der Waals surface area contributed by atoms with Gasteiger partial charge in [0.05, 0.1) is 6.07 Å². The normalized spacial score (nSPS) is 22.8. The van der Waals surface area contributed by atoms with Gasteiger partial charge >= 0.3 is 0 Å². The number of nitriles is 1. The molecule has 0 amide bonds. The minimum Gasteiger partial charge on any atom is -0.372 e. The van der Waals surface area contributed by atoms with Gasteiger partial charge in [-0.1, -0.05) is 31.9 Å². The minimum atomic E-state index is -0.198. The van der Waals surface area contributed by atoms with E-state index in [0.29, 0.717) is 12.0 Å². The van der Waals surface area contributed by atoms with Crippen molar-refractivity contribution in [1.29, 1.82) is 5.26 Å². The molecule has 0 saturated heterocycles. The highest BCUT2D eigenvalue weighted by atomic mass is 15.1. The Labute approximate surface area is 135 Å². The Morgan fingerprint density at radius 2 is 1.82 bits per heavy atom. The molecule has 0 bridgehead atoms. The van der Waals surface area contributed by atoms with Crippen LogP contribution in [0.4, 0.5) is 5.69 Å². The van der Waals surface area contributed by atoms with Gasteiger partial charge in [0.1, 0.15) is 6.04 Å². The van der Waals surface area contributed by atoms with Gasteiger partial charge in [0, 0.05) is 24.8 Å². The van der Waals surface area contributed by atoms with Crippen LogP contribution in [0.25, 0.3) is 0 Å². The Morgan fingerprint density at radius 1 is 1.18 bits per heavy atom. The van der Waals surface area contributed by atoms with Crippen molar-refractivity contribution < 1.29 is 0 Å². The summed E-state index contributed by atoms with van der Waals surface area (Å²) in [7, 11) is 0. The Kier molecular flexibility index (Phi) is 6.27. The average molecular weight is 299 g/mol. The molecule has 120 valence electrons. The predicted molar refractivity (Wildman–Crippen MR) is 92.9 cm³/mol. The van der Waals surface area contributed by atoms with E-state index in [0.717, 1.165) is 18.7 Å². The Morgan fingerprint density at radius 3 is 2.36 bits per heavy atom. The fraction of sp³-hybridized carbons (Fsp3) is 0.632. The summed E-state index contributed by atoms with van der Waals surface area (Å²) in [6.45, 7) is 8.66. The van der Waals surface area contributed by atoms with E-state index in [1.54, 1.807) is 0 Å². The van der Waals surface area contributed by atoms with E-state index in [2.05, 4.69) is 61.3 Å². The zero-order valence-corrected chi connectivity index (χ0v) is 14.2. The fourth-order valence-corrected chi connectivity index (χ4v) is 3.45. The lowest BCUT2D eigenvalue weighted by Gasteiger charge is -2.31. The molecule has 3 unspecified atom stereocenters. The van der Waals surface area contributed by atoms with Gasteiger partial charge in [-0.25, -0.2) is 0 Å². The van der Waals surface area contributed by atoms with Crippen molar-refractivity contribution >= 4 is 5.69 Å². The van der Waals surface area contributed by atoms with Crippen LogP contribution < -0.4 is 10.2 Å². The van der Waals surface area contributed by atoms with E-state index >= 15 is 0 Å². The lowest BCUT2D eigenvalue weighted by molar-refractivity contribution is 0.271. The number of rotatable bonds is 6. The maximum absolute atomic E-state index is 9.54. The topological polar surface area (TPSA) is 39.1 Å². The molecule has 1 N–H and O–H groups in total. The third-order valence-electron chi connectivity index (χ3n) is 4.98. The quantitative estimate of drug-likeness (QED) is 0.852. The van der Waals surface area contributed by atoms with E-state index in [9.17, 15) is 5.26 Å². The van der Waals surface area contributed by atoms with Gasteiger partial charge in [-0.05, 0) is 50.3 Å². The lowest BCUT2D eigenvalue weighted by atomic mass is 9.85. The molecule has 1 fully saturated rings. The predicted octanol–water partition coefficient (Wildman–Crippen LogP) is 4.27. The first-order chi connectivity index (χ1) is 10.7. The second-order valence-electron chi connectivity index (χ2n) is 6.36. The van der Waals surface area contributed by atoms with E-state index in [4.69, 9.17) is 0 Å². The van der Waals surface area contributed by atoms with Crippen molar-refractivity contribution in [3.05, 3.63) is 29.8 Å². The van der Waals surface area contributed by atoms with Crippen molar-refractivity contribution in [1.82, 2.24) is 5.32 Å². The van der Waals surface area contributed by atoms with Gasteiger partial charge in [0.15, 0.2) is 0 Å². The highest BCUT2D eigenvalue weighted by Crippen LogP contribution is 2.27. The number of hydrogen-bond acceptors (Lipinski definition) is 3. The molecule has 0 aromatic heterocycles. The Balaban J connectivity index is 2.06. The monoisotopic (exact) mass is 299 g/mol.